The molecule has 0 spiro atoms. The molecule has 5 rings (SSSR count). The maximum atomic E-state index is 13.1. The van der Waals surface area contributed by atoms with Gasteiger partial charge in [-0.05, 0) is 23.6 Å². The number of nitrogens with one attached hydrogen (secondary N) is 3. The average Bonchev–Trinajstić information content (AvgIpc) is 3.54. The highest BCUT2D eigenvalue weighted by molar-refractivity contribution is 6.04. The Balaban J connectivity index is 1.08. The van der Waals surface area contributed by atoms with Crippen molar-refractivity contribution in [3.8, 4) is 0 Å². The Morgan fingerprint density at radius 1 is 1.03 bits per heavy atom. The summed E-state index contributed by atoms with van der Waals surface area (Å²) in [7, 11) is 0. The Morgan fingerprint density at radius 3 is 2.78 bits per heavy atom. The number of halogens is 2. The Labute approximate surface area is 205 Å². The van der Waals surface area contributed by atoms with Gasteiger partial charge in [-0.25, -0.2) is 18.7 Å². The molecule has 3 heterocycles. The van der Waals surface area contributed by atoms with Crippen LogP contribution < -0.4 is 10.6 Å². The van der Waals surface area contributed by atoms with E-state index < -0.39 is 12.3 Å². The van der Waals surface area contributed by atoms with Gasteiger partial charge >= 0.3 is 0 Å². The van der Waals surface area contributed by atoms with E-state index in [9.17, 15) is 13.6 Å². The molecule has 0 aliphatic rings. The number of rotatable bonds is 10. The second kappa shape index (κ2) is 10.6. The fourth-order valence-electron chi connectivity index (χ4n) is 4.02. The van der Waals surface area contributed by atoms with Crippen LogP contribution in [0.25, 0.3) is 21.8 Å². The third-order valence-electron chi connectivity index (χ3n) is 5.84. The zero-order chi connectivity index (χ0) is 24.9. The van der Waals surface area contributed by atoms with Crippen molar-refractivity contribution in [1.29, 1.82) is 0 Å². The molecule has 3 aromatic heterocycles. The molecule has 0 aliphatic carbocycles. The molecular weight excluding hydrogens is 466 g/mol. The Bertz CT molecular complexity index is 1500. The van der Waals surface area contributed by atoms with Gasteiger partial charge in [0.2, 0.25) is 0 Å². The van der Waals surface area contributed by atoms with Crippen LogP contribution >= 0.6 is 0 Å². The first-order valence-corrected chi connectivity index (χ1v) is 11.6. The number of nitrogens with zero attached hydrogens (tertiary/aromatic N) is 3. The molecule has 0 atom stereocenters. The molecule has 3 N–H and O–H groups in total. The van der Waals surface area contributed by atoms with Crippen LogP contribution in [0.2, 0.25) is 0 Å². The van der Waals surface area contributed by atoms with Crippen LogP contribution in [-0.2, 0) is 19.4 Å². The topological polar surface area (TPSA) is 109 Å². The van der Waals surface area contributed by atoms with Gasteiger partial charge < -0.3 is 20.0 Å². The van der Waals surface area contributed by atoms with Gasteiger partial charge in [0, 0.05) is 43.1 Å². The number of amides is 1. The predicted molar refractivity (Wildman–Crippen MR) is 131 cm³/mol. The van der Waals surface area contributed by atoms with E-state index in [-0.39, 0.29) is 23.5 Å². The van der Waals surface area contributed by atoms with Crippen molar-refractivity contribution >= 4 is 27.7 Å². The molecule has 0 fully saturated rings. The van der Waals surface area contributed by atoms with Crippen LogP contribution in [0.1, 0.15) is 39.9 Å². The lowest BCUT2D eigenvalue weighted by Crippen LogP contribution is -2.24. The van der Waals surface area contributed by atoms with Crippen LogP contribution in [0.5, 0.6) is 0 Å². The third kappa shape index (κ3) is 5.23. The lowest BCUT2D eigenvalue weighted by atomic mass is 10.1. The average molecular weight is 491 g/mol. The molecule has 0 saturated heterocycles. The summed E-state index contributed by atoms with van der Waals surface area (Å²) < 4.78 is 31.5. The highest BCUT2D eigenvalue weighted by atomic mass is 19.3. The number of benzene rings is 2. The molecule has 2 aromatic carbocycles. The number of H-pyrrole nitrogens is 1. The number of aromatic amines is 1. The van der Waals surface area contributed by atoms with E-state index in [0.717, 1.165) is 34.1 Å². The van der Waals surface area contributed by atoms with Crippen LogP contribution in [-0.4, -0.2) is 38.9 Å². The summed E-state index contributed by atoms with van der Waals surface area (Å²) in [5.41, 5.74) is 1.99. The minimum absolute atomic E-state index is 0.0917. The Morgan fingerprint density at radius 2 is 1.89 bits per heavy atom. The van der Waals surface area contributed by atoms with E-state index in [2.05, 4.69) is 43.8 Å². The van der Waals surface area contributed by atoms with Crippen molar-refractivity contribution < 1.29 is 18.0 Å². The zero-order valence-corrected chi connectivity index (χ0v) is 19.3. The van der Waals surface area contributed by atoms with Crippen LogP contribution in [0, 0.1) is 0 Å². The molecule has 5 aromatic rings. The first kappa shape index (κ1) is 23.6. The number of alkyl halides is 2. The number of fused-ring (bicyclic) bond motifs is 3. The van der Waals surface area contributed by atoms with E-state index in [4.69, 9.17) is 9.40 Å². The second-order valence-electron chi connectivity index (χ2n) is 8.27. The summed E-state index contributed by atoms with van der Waals surface area (Å²) >= 11 is 0. The minimum Gasteiger partial charge on any atom is -0.448 e. The van der Waals surface area contributed by atoms with Gasteiger partial charge in [-0.3, -0.25) is 9.78 Å². The molecule has 10 heteroatoms. The lowest BCUT2D eigenvalue weighted by Gasteiger charge is -2.07. The molecule has 0 radical (unpaired) electrons. The molecule has 184 valence electrons. The summed E-state index contributed by atoms with van der Waals surface area (Å²) in [6.45, 7) is 1.19. The van der Waals surface area contributed by atoms with Gasteiger partial charge in [0.25, 0.3) is 12.3 Å². The first-order valence-electron chi connectivity index (χ1n) is 11.6. The molecule has 36 heavy (non-hydrogen) atoms. The third-order valence-corrected chi connectivity index (χ3v) is 5.84. The number of oxazole rings is 1. The number of carbonyl (C=O) groups is 1. The molecule has 0 unspecified atom stereocenters. The van der Waals surface area contributed by atoms with Crippen molar-refractivity contribution in [2.75, 3.05) is 13.1 Å². The molecular formula is C26H24F2N6O2. The van der Waals surface area contributed by atoms with E-state index in [0.29, 0.717) is 25.4 Å². The van der Waals surface area contributed by atoms with Gasteiger partial charge in [0.15, 0.2) is 11.6 Å². The molecule has 8 nitrogen and oxygen atoms in total. The second-order valence-corrected chi connectivity index (χ2v) is 8.27. The standard InChI is InChI=1S/C26H24F2N6O2/c27-25(28)18-6-3-11-30-20(18)14-31-26(35)21-15-36-23(33-21)10-13-29-12-9-22-32-19-8-7-16-4-1-2-5-17(16)24(19)34-22/h1-8,11,15,25,29H,9-10,12-14H2,(H,31,35)(H,32,34). The van der Waals surface area contributed by atoms with Gasteiger partial charge in [0.1, 0.15) is 12.1 Å². The van der Waals surface area contributed by atoms with Crippen molar-refractivity contribution in [3.63, 3.8) is 0 Å². The molecule has 0 bridgehead atoms. The maximum absolute atomic E-state index is 13.1. The monoisotopic (exact) mass is 490 g/mol. The van der Waals surface area contributed by atoms with Gasteiger partial charge in [0.05, 0.1) is 23.3 Å². The maximum Gasteiger partial charge on any atom is 0.273 e. The molecule has 1 amide bonds. The first-order chi connectivity index (χ1) is 17.6. The minimum atomic E-state index is -2.66. The summed E-state index contributed by atoms with van der Waals surface area (Å²) in [5, 5.41) is 8.17. The van der Waals surface area contributed by atoms with Crippen LogP contribution in [0.4, 0.5) is 8.78 Å². The van der Waals surface area contributed by atoms with E-state index >= 15 is 0 Å². The fraction of sp³-hybridized carbons (Fsp3) is 0.231. The highest BCUT2D eigenvalue weighted by Crippen LogP contribution is 2.23. The van der Waals surface area contributed by atoms with Gasteiger partial charge in [-0.1, -0.05) is 30.3 Å². The smallest absolute Gasteiger partial charge is 0.273 e. The van der Waals surface area contributed by atoms with E-state index in [1.807, 2.05) is 18.2 Å². The normalized spacial score (nSPS) is 11.5. The summed E-state index contributed by atoms with van der Waals surface area (Å²) in [6.07, 6.45) is 1.23. The SMILES string of the molecule is O=C(NCc1ncccc1C(F)F)c1coc(CCNCCc2nc3c(ccc4ccccc43)[nH]2)n1. The Kier molecular flexibility index (Phi) is 6.94. The summed E-state index contributed by atoms with van der Waals surface area (Å²) in [5.74, 6) is 0.807. The van der Waals surface area contributed by atoms with Crippen molar-refractivity contribution in [2.24, 2.45) is 0 Å². The van der Waals surface area contributed by atoms with Gasteiger partial charge in [-0.15, -0.1) is 0 Å². The summed E-state index contributed by atoms with van der Waals surface area (Å²) in [4.78, 5) is 28.6. The predicted octanol–water partition coefficient (Wildman–Crippen LogP) is 4.34. The number of hydrogen-bond acceptors (Lipinski definition) is 6. The van der Waals surface area contributed by atoms with E-state index in [1.165, 1.54) is 24.6 Å². The fourth-order valence-corrected chi connectivity index (χ4v) is 4.02. The zero-order valence-electron chi connectivity index (χ0n) is 19.3. The van der Waals surface area contributed by atoms with Crippen molar-refractivity contribution in [1.82, 2.24) is 30.6 Å². The highest BCUT2D eigenvalue weighted by Gasteiger charge is 2.16. The molecule has 0 aliphatic heterocycles. The number of hydrogen-bond donors (Lipinski definition) is 3. The number of pyridine rings is 1. The van der Waals surface area contributed by atoms with Crippen LogP contribution in [0.3, 0.4) is 0 Å². The quantitative estimate of drug-likeness (QED) is 0.251. The number of imidazole rings is 1. The Hall–Kier alpha value is -4.18. The van der Waals surface area contributed by atoms with Gasteiger partial charge in [-0.2, -0.15) is 0 Å². The lowest BCUT2D eigenvalue weighted by molar-refractivity contribution is 0.0943. The number of aromatic nitrogens is 4. The van der Waals surface area contributed by atoms with Crippen LogP contribution in [0.15, 0.2) is 65.4 Å². The van der Waals surface area contributed by atoms with Crippen molar-refractivity contribution in [3.05, 3.63) is 89.7 Å². The van der Waals surface area contributed by atoms with E-state index in [1.54, 1.807) is 0 Å². The largest absolute Gasteiger partial charge is 0.448 e. The molecule has 0 saturated carbocycles. The van der Waals surface area contributed by atoms with Crippen molar-refractivity contribution in [2.45, 2.75) is 25.8 Å². The number of carbonyl (C=O) groups excluding carboxylic acids is 1. The summed E-state index contributed by atoms with van der Waals surface area (Å²) in [6, 6.07) is 15.0.